The molecule has 4 nitrogen and oxygen atoms in total. The predicted octanol–water partition coefficient (Wildman–Crippen LogP) is 0.852. The average Bonchev–Trinajstić information content (AvgIpc) is 2.13. The Morgan fingerprint density at radius 1 is 1.38 bits per heavy atom. The molecule has 1 atom stereocenters. The third-order valence-electron chi connectivity index (χ3n) is 1.71. The van der Waals surface area contributed by atoms with Gasteiger partial charge >= 0.3 is 0 Å². The van der Waals surface area contributed by atoms with E-state index in [0.29, 0.717) is 5.56 Å². The summed E-state index contributed by atoms with van der Waals surface area (Å²) in [6.07, 6.45) is -0.846. The largest absolute Gasteiger partial charge is 0.504 e. The van der Waals surface area contributed by atoms with Gasteiger partial charge in [0.25, 0.3) is 0 Å². The first kappa shape index (κ1) is 10.3. The van der Waals surface area contributed by atoms with Crippen LogP contribution in [0.2, 0.25) is 0 Å². The molecule has 0 aliphatic rings. The van der Waals surface area contributed by atoms with Gasteiger partial charge < -0.3 is 21.1 Å². The lowest BCUT2D eigenvalue weighted by atomic mass is 10.1. The molecule has 0 aromatic heterocycles. The molecule has 5 heteroatoms. The van der Waals surface area contributed by atoms with Crippen molar-refractivity contribution in [3.63, 3.8) is 0 Å². The van der Waals surface area contributed by atoms with Crippen LogP contribution in [0.1, 0.15) is 11.7 Å². The van der Waals surface area contributed by atoms with E-state index in [2.05, 4.69) is 15.9 Å². The summed E-state index contributed by atoms with van der Waals surface area (Å²) in [4.78, 5) is 0. The maximum Gasteiger partial charge on any atom is 0.172 e. The van der Waals surface area contributed by atoms with Crippen molar-refractivity contribution in [1.82, 2.24) is 0 Å². The molecule has 0 saturated carbocycles. The number of aliphatic hydroxyl groups is 1. The third-order valence-corrected chi connectivity index (χ3v) is 2.54. The van der Waals surface area contributed by atoms with Gasteiger partial charge in [-0.05, 0) is 27.6 Å². The Kier molecular flexibility index (Phi) is 3.13. The summed E-state index contributed by atoms with van der Waals surface area (Å²) >= 11 is 3.05. The molecule has 0 unspecified atom stereocenters. The molecular formula is C8H10BrNO3. The molecule has 0 fully saturated rings. The van der Waals surface area contributed by atoms with Crippen molar-refractivity contribution < 1.29 is 15.3 Å². The maximum absolute atomic E-state index is 9.38. The predicted molar refractivity (Wildman–Crippen MR) is 51.5 cm³/mol. The van der Waals surface area contributed by atoms with Crippen LogP contribution >= 0.6 is 15.9 Å². The van der Waals surface area contributed by atoms with Crippen LogP contribution in [0, 0.1) is 0 Å². The van der Waals surface area contributed by atoms with E-state index in [-0.39, 0.29) is 22.5 Å². The average molecular weight is 248 g/mol. The lowest BCUT2D eigenvalue weighted by molar-refractivity contribution is 0.185. The van der Waals surface area contributed by atoms with Gasteiger partial charge in [0.15, 0.2) is 11.5 Å². The van der Waals surface area contributed by atoms with Crippen LogP contribution in [-0.2, 0) is 0 Å². The highest BCUT2D eigenvalue weighted by Crippen LogP contribution is 2.37. The van der Waals surface area contributed by atoms with Crippen LogP contribution in [0.25, 0.3) is 0 Å². The standard InChI is InChI=1S/C8H10BrNO3/c9-7-4(6(12)3-10)1-2-5(11)8(7)13/h1-2,6,11-13H,3,10H2/t6-/m0/s1. The summed E-state index contributed by atoms with van der Waals surface area (Å²) in [5, 5.41) is 27.7. The summed E-state index contributed by atoms with van der Waals surface area (Å²) in [6, 6.07) is 2.80. The number of aromatic hydroxyl groups is 2. The highest BCUT2D eigenvalue weighted by Gasteiger charge is 2.14. The molecule has 0 amide bonds. The summed E-state index contributed by atoms with van der Waals surface area (Å²) in [5.74, 6) is -0.523. The molecule has 0 radical (unpaired) electrons. The van der Waals surface area contributed by atoms with Crippen molar-refractivity contribution >= 4 is 15.9 Å². The third kappa shape index (κ3) is 1.93. The van der Waals surface area contributed by atoms with Crippen LogP contribution in [0.3, 0.4) is 0 Å². The molecular weight excluding hydrogens is 238 g/mol. The molecule has 72 valence electrons. The molecule has 0 spiro atoms. The summed E-state index contributed by atoms with van der Waals surface area (Å²) in [7, 11) is 0. The second kappa shape index (κ2) is 3.95. The van der Waals surface area contributed by atoms with Crippen molar-refractivity contribution in [3.8, 4) is 11.5 Å². The molecule has 0 saturated heterocycles. The normalized spacial score (nSPS) is 12.8. The second-order valence-electron chi connectivity index (χ2n) is 2.59. The minimum absolute atomic E-state index is 0.0583. The Morgan fingerprint density at radius 2 is 2.00 bits per heavy atom. The van der Waals surface area contributed by atoms with E-state index >= 15 is 0 Å². The summed E-state index contributed by atoms with van der Waals surface area (Å²) < 4.78 is 0.269. The number of phenols is 2. The lowest BCUT2D eigenvalue weighted by Crippen LogP contribution is -2.11. The van der Waals surface area contributed by atoms with Gasteiger partial charge in [-0.2, -0.15) is 0 Å². The van der Waals surface area contributed by atoms with Gasteiger partial charge in [0, 0.05) is 6.54 Å². The fourth-order valence-electron chi connectivity index (χ4n) is 0.954. The van der Waals surface area contributed by atoms with E-state index in [0.717, 1.165) is 0 Å². The number of hydrogen-bond donors (Lipinski definition) is 4. The molecule has 1 aromatic carbocycles. The first-order valence-corrected chi connectivity index (χ1v) is 4.45. The molecule has 0 bridgehead atoms. The zero-order valence-electron chi connectivity index (χ0n) is 6.74. The van der Waals surface area contributed by atoms with Gasteiger partial charge in [0.05, 0.1) is 10.6 Å². The Balaban J connectivity index is 3.18. The number of halogens is 1. The molecule has 0 heterocycles. The Labute approximate surface area is 83.8 Å². The molecule has 0 aliphatic heterocycles. The van der Waals surface area contributed by atoms with Crippen molar-refractivity contribution in [2.24, 2.45) is 5.73 Å². The number of hydrogen-bond acceptors (Lipinski definition) is 4. The van der Waals surface area contributed by atoms with Crippen molar-refractivity contribution in [1.29, 1.82) is 0 Å². The molecule has 5 N–H and O–H groups in total. The van der Waals surface area contributed by atoms with Crippen LogP contribution in [0.15, 0.2) is 16.6 Å². The fourth-order valence-corrected chi connectivity index (χ4v) is 1.55. The molecule has 13 heavy (non-hydrogen) atoms. The fraction of sp³-hybridized carbons (Fsp3) is 0.250. The summed E-state index contributed by atoms with van der Waals surface area (Å²) in [6.45, 7) is 0.0583. The molecule has 0 aliphatic carbocycles. The Bertz CT molecular complexity index is 317. The Hall–Kier alpha value is -0.780. The van der Waals surface area contributed by atoms with E-state index in [1.165, 1.54) is 12.1 Å². The number of nitrogens with two attached hydrogens (primary N) is 1. The minimum atomic E-state index is -0.846. The van der Waals surface area contributed by atoms with Crippen LogP contribution in [0.4, 0.5) is 0 Å². The summed E-state index contributed by atoms with van der Waals surface area (Å²) in [5.41, 5.74) is 5.70. The second-order valence-corrected chi connectivity index (χ2v) is 3.38. The SMILES string of the molecule is NC[C@H](O)c1ccc(O)c(O)c1Br. The van der Waals surface area contributed by atoms with E-state index in [9.17, 15) is 10.2 Å². The Morgan fingerprint density at radius 3 is 2.54 bits per heavy atom. The number of rotatable bonds is 2. The lowest BCUT2D eigenvalue weighted by Gasteiger charge is -2.11. The quantitative estimate of drug-likeness (QED) is 0.584. The number of phenolic OH excluding ortho intramolecular Hbond substituents is 2. The molecule has 1 rings (SSSR count). The highest BCUT2D eigenvalue weighted by molar-refractivity contribution is 9.10. The maximum atomic E-state index is 9.38. The van der Waals surface area contributed by atoms with Gasteiger partial charge in [-0.15, -0.1) is 0 Å². The highest BCUT2D eigenvalue weighted by atomic mass is 79.9. The number of benzene rings is 1. The number of aliphatic hydroxyl groups excluding tert-OH is 1. The van der Waals surface area contributed by atoms with Gasteiger partial charge in [0.2, 0.25) is 0 Å². The van der Waals surface area contributed by atoms with Crippen molar-refractivity contribution in [2.75, 3.05) is 6.54 Å². The van der Waals surface area contributed by atoms with Crippen LogP contribution in [0.5, 0.6) is 11.5 Å². The zero-order chi connectivity index (χ0) is 10.0. The smallest absolute Gasteiger partial charge is 0.172 e. The first-order valence-electron chi connectivity index (χ1n) is 3.66. The van der Waals surface area contributed by atoms with Crippen molar-refractivity contribution in [3.05, 3.63) is 22.2 Å². The van der Waals surface area contributed by atoms with Gasteiger partial charge in [-0.1, -0.05) is 6.07 Å². The van der Waals surface area contributed by atoms with E-state index in [1.807, 2.05) is 0 Å². The molecule has 1 aromatic rings. The monoisotopic (exact) mass is 247 g/mol. The first-order chi connectivity index (χ1) is 6.07. The van der Waals surface area contributed by atoms with Crippen molar-refractivity contribution in [2.45, 2.75) is 6.10 Å². The zero-order valence-corrected chi connectivity index (χ0v) is 8.32. The van der Waals surface area contributed by atoms with Gasteiger partial charge in [-0.25, -0.2) is 0 Å². The van der Waals surface area contributed by atoms with Gasteiger partial charge in [-0.3, -0.25) is 0 Å². The van der Waals surface area contributed by atoms with E-state index < -0.39 is 6.10 Å². The van der Waals surface area contributed by atoms with Gasteiger partial charge in [0.1, 0.15) is 0 Å². The van der Waals surface area contributed by atoms with E-state index in [1.54, 1.807) is 0 Å². The van der Waals surface area contributed by atoms with Crippen LogP contribution < -0.4 is 5.73 Å². The minimum Gasteiger partial charge on any atom is -0.504 e. The van der Waals surface area contributed by atoms with Crippen LogP contribution in [-0.4, -0.2) is 21.9 Å². The van der Waals surface area contributed by atoms with E-state index in [4.69, 9.17) is 10.8 Å². The topological polar surface area (TPSA) is 86.7 Å².